The van der Waals surface area contributed by atoms with Gasteiger partial charge in [-0.15, -0.1) is 6.42 Å². The molecule has 0 aliphatic rings. The van der Waals surface area contributed by atoms with Crippen LogP contribution in [-0.4, -0.2) is 6.04 Å². The third-order valence-electron chi connectivity index (χ3n) is 3.55. The van der Waals surface area contributed by atoms with Crippen LogP contribution in [0.4, 0.5) is 0 Å². The summed E-state index contributed by atoms with van der Waals surface area (Å²) in [5, 5.41) is 3.53. The zero-order valence-electron chi connectivity index (χ0n) is 12.4. The molecule has 2 unspecified atom stereocenters. The summed E-state index contributed by atoms with van der Waals surface area (Å²) >= 11 is 0. The molecule has 1 N–H and O–H groups in total. The summed E-state index contributed by atoms with van der Waals surface area (Å²) < 4.78 is 0. The zero-order valence-corrected chi connectivity index (χ0v) is 12.4. The second kappa shape index (κ2) is 6.41. The molecule has 2 atom stereocenters. The Kier molecular flexibility index (Phi) is 4.61. The third-order valence-corrected chi connectivity index (χ3v) is 3.55. The number of nitrogens with one attached hydrogen (secondary N) is 1. The highest BCUT2D eigenvalue weighted by molar-refractivity contribution is 5.39. The number of hydrogen-bond acceptors (Lipinski definition) is 1. The van der Waals surface area contributed by atoms with Crippen LogP contribution in [-0.2, 0) is 0 Å². The molecule has 1 heteroatoms. The van der Waals surface area contributed by atoms with Gasteiger partial charge in [-0.05, 0) is 37.5 Å². The van der Waals surface area contributed by atoms with Gasteiger partial charge in [0.2, 0.25) is 0 Å². The van der Waals surface area contributed by atoms with Crippen molar-refractivity contribution in [3.8, 4) is 12.3 Å². The SMILES string of the molecule is C#CC(C)NC(c1ccccc1)c1cc(C)ccc1C. The summed E-state index contributed by atoms with van der Waals surface area (Å²) in [6.45, 7) is 6.28. The largest absolute Gasteiger partial charge is 0.293 e. The lowest BCUT2D eigenvalue weighted by atomic mass is 9.93. The van der Waals surface area contributed by atoms with Crippen LogP contribution in [0.25, 0.3) is 0 Å². The summed E-state index contributed by atoms with van der Waals surface area (Å²) in [4.78, 5) is 0. The first kappa shape index (κ1) is 14.4. The van der Waals surface area contributed by atoms with Crippen molar-refractivity contribution in [2.45, 2.75) is 32.9 Å². The van der Waals surface area contributed by atoms with Crippen LogP contribution in [0.3, 0.4) is 0 Å². The van der Waals surface area contributed by atoms with Crippen molar-refractivity contribution in [1.82, 2.24) is 5.32 Å². The van der Waals surface area contributed by atoms with Crippen molar-refractivity contribution in [2.24, 2.45) is 0 Å². The van der Waals surface area contributed by atoms with E-state index in [0.29, 0.717) is 0 Å². The number of benzene rings is 2. The number of terminal acetylenes is 1. The number of rotatable bonds is 4. The maximum atomic E-state index is 5.53. The molecule has 1 nitrogen and oxygen atoms in total. The van der Waals surface area contributed by atoms with Crippen LogP contribution >= 0.6 is 0 Å². The van der Waals surface area contributed by atoms with Gasteiger partial charge in [-0.25, -0.2) is 0 Å². The van der Waals surface area contributed by atoms with Gasteiger partial charge in [0.05, 0.1) is 12.1 Å². The number of aryl methyl sites for hydroxylation is 2. The van der Waals surface area contributed by atoms with Gasteiger partial charge in [0, 0.05) is 0 Å². The molecule has 0 aliphatic carbocycles. The van der Waals surface area contributed by atoms with E-state index in [9.17, 15) is 0 Å². The highest BCUT2D eigenvalue weighted by Gasteiger charge is 2.17. The van der Waals surface area contributed by atoms with Gasteiger partial charge in [0.25, 0.3) is 0 Å². The smallest absolute Gasteiger partial charge is 0.0665 e. The Hall–Kier alpha value is -2.04. The maximum absolute atomic E-state index is 5.53. The lowest BCUT2D eigenvalue weighted by Crippen LogP contribution is -2.30. The minimum atomic E-state index is 0.0279. The summed E-state index contributed by atoms with van der Waals surface area (Å²) in [5.74, 6) is 2.76. The molecule has 0 bridgehead atoms. The molecule has 0 fully saturated rings. The van der Waals surface area contributed by atoms with Crippen LogP contribution in [0.5, 0.6) is 0 Å². The van der Waals surface area contributed by atoms with Gasteiger partial charge in [0.15, 0.2) is 0 Å². The average Bonchev–Trinajstić information content (AvgIpc) is 2.48. The van der Waals surface area contributed by atoms with Crippen molar-refractivity contribution >= 4 is 0 Å². The van der Waals surface area contributed by atoms with E-state index < -0.39 is 0 Å². The fourth-order valence-electron chi connectivity index (χ4n) is 2.38. The van der Waals surface area contributed by atoms with Crippen molar-refractivity contribution < 1.29 is 0 Å². The molecule has 2 rings (SSSR count). The summed E-state index contributed by atoms with van der Waals surface area (Å²) in [6, 6.07) is 17.2. The van der Waals surface area contributed by atoms with Crippen molar-refractivity contribution in [2.75, 3.05) is 0 Å². The molecule has 0 saturated carbocycles. The molecular weight excluding hydrogens is 242 g/mol. The number of hydrogen-bond donors (Lipinski definition) is 1. The first-order chi connectivity index (χ1) is 9.61. The second-order valence-electron chi connectivity index (χ2n) is 5.26. The quantitative estimate of drug-likeness (QED) is 0.822. The summed E-state index contributed by atoms with van der Waals surface area (Å²) in [5.41, 5.74) is 5.07. The topological polar surface area (TPSA) is 12.0 Å². The van der Waals surface area contributed by atoms with Gasteiger partial charge in [-0.3, -0.25) is 5.32 Å². The van der Waals surface area contributed by atoms with Gasteiger partial charge >= 0.3 is 0 Å². The lowest BCUT2D eigenvalue weighted by molar-refractivity contribution is 0.571. The molecule has 0 saturated heterocycles. The monoisotopic (exact) mass is 263 g/mol. The molecular formula is C19H21N. The Balaban J connectivity index is 2.46. The molecule has 0 radical (unpaired) electrons. The van der Waals surface area contributed by atoms with E-state index in [1.54, 1.807) is 0 Å². The molecule has 0 aliphatic heterocycles. The second-order valence-corrected chi connectivity index (χ2v) is 5.26. The van der Waals surface area contributed by atoms with Gasteiger partial charge in [0.1, 0.15) is 0 Å². The highest BCUT2D eigenvalue weighted by Crippen LogP contribution is 2.26. The van der Waals surface area contributed by atoms with E-state index in [-0.39, 0.29) is 12.1 Å². The summed E-state index contributed by atoms with van der Waals surface area (Å²) in [6.07, 6.45) is 5.53. The maximum Gasteiger partial charge on any atom is 0.0665 e. The Bertz CT molecular complexity index is 607. The lowest BCUT2D eigenvalue weighted by Gasteiger charge is -2.24. The predicted octanol–water partition coefficient (Wildman–Crippen LogP) is 4.00. The van der Waals surface area contributed by atoms with E-state index in [0.717, 1.165) is 0 Å². The minimum absolute atomic E-state index is 0.0279. The highest BCUT2D eigenvalue weighted by atomic mass is 14.9. The average molecular weight is 263 g/mol. The Labute approximate surface area is 122 Å². The normalized spacial score (nSPS) is 13.5. The van der Waals surface area contributed by atoms with Gasteiger partial charge in [-0.1, -0.05) is 60.0 Å². The predicted molar refractivity (Wildman–Crippen MR) is 85.6 cm³/mol. The van der Waals surface area contributed by atoms with E-state index in [1.165, 1.54) is 22.3 Å². The molecule has 0 spiro atoms. The van der Waals surface area contributed by atoms with Crippen LogP contribution in [0.2, 0.25) is 0 Å². The van der Waals surface area contributed by atoms with Crippen LogP contribution in [0.15, 0.2) is 48.5 Å². The fraction of sp³-hybridized carbons (Fsp3) is 0.263. The Morgan fingerprint density at radius 2 is 1.75 bits per heavy atom. The van der Waals surface area contributed by atoms with E-state index in [2.05, 4.69) is 67.5 Å². The van der Waals surface area contributed by atoms with Crippen molar-refractivity contribution in [3.05, 3.63) is 70.8 Å². The van der Waals surface area contributed by atoms with Crippen molar-refractivity contribution in [3.63, 3.8) is 0 Å². The van der Waals surface area contributed by atoms with Gasteiger partial charge < -0.3 is 0 Å². The van der Waals surface area contributed by atoms with E-state index in [1.807, 2.05) is 13.0 Å². The fourth-order valence-corrected chi connectivity index (χ4v) is 2.38. The minimum Gasteiger partial charge on any atom is -0.293 e. The van der Waals surface area contributed by atoms with Crippen LogP contribution < -0.4 is 5.32 Å². The third kappa shape index (κ3) is 3.29. The van der Waals surface area contributed by atoms with E-state index >= 15 is 0 Å². The molecule has 2 aromatic carbocycles. The Morgan fingerprint density at radius 1 is 1.05 bits per heavy atom. The molecule has 0 aromatic heterocycles. The standard InChI is InChI=1S/C19H21N/c1-5-16(4)20-19(17-9-7-6-8-10-17)18-13-14(2)11-12-15(18)3/h1,6-13,16,19-20H,2-4H3. The van der Waals surface area contributed by atoms with Crippen molar-refractivity contribution in [1.29, 1.82) is 0 Å². The zero-order chi connectivity index (χ0) is 14.5. The molecule has 2 aromatic rings. The van der Waals surface area contributed by atoms with E-state index in [4.69, 9.17) is 6.42 Å². The first-order valence-corrected chi connectivity index (χ1v) is 6.96. The Morgan fingerprint density at radius 3 is 2.40 bits per heavy atom. The first-order valence-electron chi connectivity index (χ1n) is 6.96. The molecule has 0 amide bonds. The van der Waals surface area contributed by atoms with Crippen LogP contribution in [0.1, 0.15) is 35.2 Å². The summed E-state index contributed by atoms with van der Waals surface area (Å²) in [7, 11) is 0. The molecule has 0 heterocycles. The molecule has 102 valence electrons. The van der Waals surface area contributed by atoms with Crippen LogP contribution in [0, 0.1) is 26.2 Å². The van der Waals surface area contributed by atoms with Gasteiger partial charge in [-0.2, -0.15) is 0 Å². The molecule has 20 heavy (non-hydrogen) atoms.